The van der Waals surface area contributed by atoms with E-state index >= 15 is 0 Å². The molecule has 2 rings (SSSR count). The van der Waals surface area contributed by atoms with Gasteiger partial charge in [-0.2, -0.15) is 35.3 Å². The Morgan fingerprint density at radius 3 is 1.34 bits per heavy atom. The summed E-state index contributed by atoms with van der Waals surface area (Å²) < 4.78 is 16.4. The standard InChI is InChI=1S/C32H39N3O6S3/c1-4-13-42-19-27(33)30(36)39-24-11-9-22(10-12-24)7-8-23-16-25(40-31(37)28(34)20-43-14-5-2)18-26(17-23)41-32(38)29(35)21-44-15-6-3/h4-12,16-18,27-29H,1-3,13-15,19-21,33-35H2/b8-7+. The smallest absolute Gasteiger partial charge is 0.329 e. The van der Waals surface area contributed by atoms with Crippen LogP contribution in [0.5, 0.6) is 17.2 Å². The highest BCUT2D eigenvalue weighted by molar-refractivity contribution is 7.99. The lowest BCUT2D eigenvalue weighted by atomic mass is 10.1. The lowest BCUT2D eigenvalue weighted by molar-refractivity contribution is -0.136. The summed E-state index contributed by atoms with van der Waals surface area (Å²) in [5.74, 6) is 2.05. The second-order valence-corrected chi connectivity index (χ2v) is 12.4. The van der Waals surface area contributed by atoms with Gasteiger partial charge in [0.15, 0.2) is 0 Å². The summed E-state index contributed by atoms with van der Waals surface area (Å²) in [6, 6.07) is 9.07. The fourth-order valence-corrected chi connectivity index (χ4v) is 5.34. The molecule has 236 valence electrons. The van der Waals surface area contributed by atoms with Crippen molar-refractivity contribution >= 4 is 65.3 Å². The van der Waals surface area contributed by atoms with Gasteiger partial charge in [0.2, 0.25) is 0 Å². The average Bonchev–Trinajstić information content (AvgIpc) is 3.00. The summed E-state index contributed by atoms with van der Waals surface area (Å²) in [6.45, 7) is 10.9. The molecule has 0 aliphatic carbocycles. The SMILES string of the molecule is C=CCSCC(N)C(=O)Oc1ccc(/C=C/c2cc(OC(=O)C(N)CSCC=C)cc(OC(=O)C(N)CSCC=C)c2)cc1. The topological polar surface area (TPSA) is 157 Å². The van der Waals surface area contributed by atoms with Crippen LogP contribution in [0.1, 0.15) is 11.1 Å². The van der Waals surface area contributed by atoms with Gasteiger partial charge in [0.1, 0.15) is 35.4 Å². The highest BCUT2D eigenvalue weighted by atomic mass is 32.2. The van der Waals surface area contributed by atoms with E-state index in [0.717, 1.165) is 5.56 Å². The van der Waals surface area contributed by atoms with Crippen molar-refractivity contribution in [1.82, 2.24) is 0 Å². The first-order valence-corrected chi connectivity index (χ1v) is 17.0. The van der Waals surface area contributed by atoms with Gasteiger partial charge < -0.3 is 31.4 Å². The molecule has 2 aromatic carbocycles. The Balaban J connectivity index is 2.18. The van der Waals surface area contributed by atoms with Gasteiger partial charge >= 0.3 is 17.9 Å². The van der Waals surface area contributed by atoms with Gasteiger partial charge in [0, 0.05) is 40.6 Å². The Bertz CT molecular complexity index is 1250. The van der Waals surface area contributed by atoms with Gasteiger partial charge in [0.05, 0.1) is 0 Å². The summed E-state index contributed by atoms with van der Waals surface area (Å²) in [6.07, 6.45) is 8.74. The summed E-state index contributed by atoms with van der Waals surface area (Å²) >= 11 is 4.41. The van der Waals surface area contributed by atoms with E-state index in [2.05, 4.69) is 19.7 Å². The zero-order valence-corrected chi connectivity index (χ0v) is 26.9. The Morgan fingerprint density at radius 2 is 0.955 bits per heavy atom. The molecule has 0 fully saturated rings. The van der Waals surface area contributed by atoms with E-state index < -0.39 is 36.0 Å². The molecule has 0 radical (unpaired) electrons. The van der Waals surface area contributed by atoms with Crippen LogP contribution in [0.25, 0.3) is 12.2 Å². The van der Waals surface area contributed by atoms with Crippen molar-refractivity contribution < 1.29 is 28.6 Å². The first-order valence-electron chi connectivity index (χ1n) is 13.6. The van der Waals surface area contributed by atoms with Crippen molar-refractivity contribution in [3.05, 3.63) is 91.6 Å². The van der Waals surface area contributed by atoms with E-state index in [4.69, 9.17) is 31.4 Å². The van der Waals surface area contributed by atoms with Gasteiger partial charge in [0.25, 0.3) is 0 Å². The lowest BCUT2D eigenvalue weighted by Gasteiger charge is -2.14. The van der Waals surface area contributed by atoms with Gasteiger partial charge in [-0.15, -0.1) is 19.7 Å². The molecule has 12 heteroatoms. The number of carbonyl (C=O) groups excluding carboxylic acids is 3. The van der Waals surface area contributed by atoms with Crippen molar-refractivity contribution in [2.45, 2.75) is 18.1 Å². The fraction of sp³-hybridized carbons (Fsp3) is 0.281. The molecule has 6 N–H and O–H groups in total. The second kappa shape index (κ2) is 20.7. The number of thioether (sulfide) groups is 3. The van der Waals surface area contributed by atoms with Gasteiger partial charge in [-0.25, -0.2) is 14.4 Å². The molecule has 0 aliphatic rings. The highest BCUT2D eigenvalue weighted by Crippen LogP contribution is 2.26. The minimum Gasteiger partial charge on any atom is -0.425 e. The first kappa shape index (κ1) is 36.9. The maximum absolute atomic E-state index is 12.6. The Kier molecular flexibility index (Phi) is 17.3. The minimum atomic E-state index is -0.853. The molecule has 3 unspecified atom stereocenters. The van der Waals surface area contributed by atoms with Crippen molar-refractivity contribution in [3.63, 3.8) is 0 Å². The summed E-state index contributed by atoms with van der Waals surface area (Å²) in [7, 11) is 0. The van der Waals surface area contributed by atoms with Crippen LogP contribution >= 0.6 is 35.3 Å². The van der Waals surface area contributed by atoms with Crippen LogP contribution in [0.4, 0.5) is 0 Å². The van der Waals surface area contributed by atoms with Crippen molar-refractivity contribution in [1.29, 1.82) is 0 Å². The molecule has 44 heavy (non-hydrogen) atoms. The molecule has 0 amide bonds. The molecule has 2 aromatic rings. The maximum Gasteiger partial charge on any atom is 0.329 e. The summed E-state index contributed by atoms with van der Waals surface area (Å²) in [4.78, 5) is 37.5. The quantitative estimate of drug-likeness (QED) is 0.0610. The van der Waals surface area contributed by atoms with Crippen LogP contribution in [-0.4, -0.2) is 70.6 Å². The van der Waals surface area contributed by atoms with Gasteiger partial charge in [-0.1, -0.05) is 42.5 Å². The van der Waals surface area contributed by atoms with E-state index in [1.807, 2.05) is 0 Å². The maximum atomic E-state index is 12.6. The highest BCUT2D eigenvalue weighted by Gasteiger charge is 2.19. The van der Waals surface area contributed by atoms with Crippen LogP contribution in [-0.2, 0) is 14.4 Å². The summed E-state index contributed by atoms with van der Waals surface area (Å²) in [5.41, 5.74) is 19.2. The molecule has 9 nitrogen and oxygen atoms in total. The molecule has 0 bridgehead atoms. The second-order valence-electron chi connectivity index (χ2n) is 9.20. The van der Waals surface area contributed by atoms with E-state index in [1.165, 1.54) is 41.4 Å². The zero-order valence-electron chi connectivity index (χ0n) is 24.4. The Hall–Kier alpha value is -3.26. The van der Waals surface area contributed by atoms with Gasteiger partial charge in [-0.05, 0) is 35.4 Å². The molecule has 0 spiro atoms. The molecular formula is C32H39N3O6S3. The normalized spacial score (nSPS) is 13.0. The number of nitrogens with two attached hydrogens (primary N) is 3. The van der Waals surface area contributed by atoms with E-state index in [1.54, 1.807) is 66.8 Å². The number of esters is 3. The van der Waals surface area contributed by atoms with Crippen molar-refractivity contribution in [2.75, 3.05) is 34.5 Å². The van der Waals surface area contributed by atoms with Crippen LogP contribution < -0.4 is 31.4 Å². The number of hydrogen-bond donors (Lipinski definition) is 3. The fourth-order valence-electron chi connectivity index (χ4n) is 3.26. The Labute approximate surface area is 271 Å². The largest absolute Gasteiger partial charge is 0.425 e. The average molecular weight is 658 g/mol. The number of carbonyl (C=O) groups is 3. The van der Waals surface area contributed by atoms with Crippen molar-refractivity contribution in [2.24, 2.45) is 17.2 Å². The monoisotopic (exact) mass is 657 g/mol. The number of hydrogen-bond acceptors (Lipinski definition) is 12. The zero-order chi connectivity index (χ0) is 32.3. The number of benzene rings is 2. The molecule has 0 saturated carbocycles. The first-order chi connectivity index (χ1) is 21.2. The van der Waals surface area contributed by atoms with Crippen LogP contribution in [0.2, 0.25) is 0 Å². The minimum absolute atomic E-state index is 0.156. The molecule has 0 saturated heterocycles. The third kappa shape index (κ3) is 14.0. The molecule has 0 aromatic heterocycles. The van der Waals surface area contributed by atoms with Gasteiger partial charge in [-0.3, -0.25) is 0 Å². The third-order valence-electron chi connectivity index (χ3n) is 5.41. The number of ether oxygens (including phenoxy) is 3. The number of rotatable bonds is 20. The van der Waals surface area contributed by atoms with Crippen LogP contribution in [0.15, 0.2) is 80.4 Å². The Morgan fingerprint density at radius 1 is 0.591 bits per heavy atom. The lowest BCUT2D eigenvalue weighted by Crippen LogP contribution is -2.37. The third-order valence-corrected chi connectivity index (χ3v) is 8.61. The summed E-state index contributed by atoms with van der Waals surface area (Å²) in [5, 5.41) is 0. The molecular weight excluding hydrogens is 619 g/mol. The van der Waals surface area contributed by atoms with E-state index in [0.29, 0.717) is 45.8 Å². The molecule has 3 atom stereocenters. The van der Waals surface area contributed by atoms with E-state index in [-0.39, 0.29) is 11.5 Å². The van der Waals surface area contributed by atoms with Crippen LogP contribution in [0, 0.1) is 0 Å². The molecule has 0 aliphatic heterocycles. The predicted octanol–water partition coefficient (Wildman–Crippen LogP) is 4.31. The predicted molar refractivity (Wildman–Crippen MR) is 185 cm³/mol. The van der Waals surface area contributed by atoms with Crippen LogP contribution in [0.3, 0.4) is 0 Å². The molecule has 0 heterocycles. The van der Waals surface area contributed by atoms with E-state index in [9.17, 15) is 14.4 Å². The van der Waals surface area contributed by atoms with Crippen molar-refractivity contribution in [3.8, 4) is 17.2 Å².